The van der Waals surface area contributed by atoms with Gasteiger partial charge in [0, 0.05) is 6.08 Å². The molecular weight excluding hydrogens is 296 g/mol. The summed E-state index contributed by atoms with van der Waals surface area (Å²) < 4.78 is 10.3. The highest BCUT2D eigenvalue weighted by Gasteiger charge is 2.46. The van der Waals surface area contributed by atoms with Crippen molar-refractivity contribution in [2.45, 2.75) is 44.3 Å². The van der Waals surface area contributed by atoms with E-state index in [9.17, 15) is 14.7 Å². The van der Waals surface area contributed by atoms with Crippen LogP contribution in [0.1, 0.15) is 37.8 Å². The third-order valence-electron chi connectivity index (χ3n) is 4.20. The lowest BCUT2D eigenvalue weighted by molar-refractivity contribution is -0.154. The van der Waals surface area contributed by atoms with Gasteiger partial charge in [0.25, 0.3) is 0 Å². The molecule has 1 N–H and O–H groups in total. The Hall–Kier alpha value is -2.14. The SMILES string of the molecule is COC(=O)/C=C/c1cccc(C2(C(=O)O)CC(C)OC(C)C2)c1. The molecule has 1 fully saturated rings. The van der Waals surface area contributed by atoms with Crippen LogP contribution in [0.15, 0.2) is 30.3 Å². The molecule has 5 heteroatoms. The molecule has 0 amide bonds. The molecule has 1 aliphatic heterocycles. The van der Waals surface area contributed by atoms with Gasteiger partial charge in [-0.2, -0.15) is 0 Å². The van der Waals surface area contributed by atoms with E-state index in [1.54, 1.807) is 6.08 Å². The Morgan fingerprint density at radius 2 is 1.96 bits per heavy atom. The number of benzene rings is 1. The Kier molecular flexibility index (Phi) is 5.21. The van der Waals surface area contributed by atoms with E-state index >= 15 is 0 Å². The number of rotatable bonds is 4. The number of carboxylic acids is 1. The van der Waals surface area contributed by atoms with Crippen LogP contribution in [0, 0.1) is 0 Å². The first-order valence-corrected chi connectivity index (χ1v) is 7.63. The number of hydrogen-bond acceptors (Lipinski definition) is 4. The molecule has 1 aliphatic rings. The molecule has 124 valence electrons. The number of carboxylic acid groups (broad SMARTS) is 1. The maximum atomic E-state index is 12.0. The normalized spacial score (nSPS) is 27.8. The number of esters is 1. The van der Waals surface area contributed by atoms with Crippen molar-refractivity contribution in [1.82, 2.24) is 0 Å². The van der Waals surface area contributed by atoms with Crippen molar-refractivity contribution >= 4 is 18.0 Å². The van der Waals surface area contributed by atoms with E-state index in [0.717, 1.165) is 11.1 Å². The third-order valence-corrected chi connectivity index (χ3v) is 4.20. The molecule has 1 saturated heterocycles. The lowest BCUT2D eigenvalue weighted by Gasteiger charge is -2.40. The average molecular weight is 318 g/mol. The van der Waals surface area contributed by atoms with Crippen molar-refractivity contribution in [2.24, 2.45) is 0 Å². The second-order valence-corrected chi connectivity index (χ2v) is 6.03. The van der Waals surface area contributed by atoms with Gasteiger partial charge in [-0.05, 0) is 43.9 Å². The van der Waals surface area contributed by atoms with Gasteiger partial charge < -0.3 is 14.6 Å². The van der Waals surface area contributed by atoms with Crippen LogP contribution in [0.3, 0.4) is 0 Å². The fourth-order valence-corrected chi connectivity index (χ4v) is 3.26. The first kappa shape index (κ1) is 17.2. The molecule has 0 radical (unpaired) electrons. The van der Waals surface area contributed by atoms with E-state index in [1.807, 2.05) is 38.1 Å². The molecule has 2 rings (SSSR count). The summed E-state index contributed by atoms with van der Waals surface area (Å²) in [6.07, 6.45) is 3.56. The Morgan fingerprint density at radius 1 is 1.30 bits per heavy atom. The van der Waals surface area contributed by atoms with Crippen LogP contribution in [0.4, 0.5) is 0 Å². The molecule has 1 heterocycles. The summed E-state index contributed by atoms with van der Waals surface area (Å²) in [5.41, 5.74) is 0.533. The van der Waals surface area contributed by atoms with Gasteiger partial charge in [-0.15, -0.1) is 0 Å². The van der Waals surface area contributed by atoms with E-state index in [0.29, 0.717) is 12.8 Å². The van der Waals surface area contributed by atoms with Gasteiger partial charge in [0.2, 0.25) is 0 Å². The van der Waals surface area contributed by atoms with Crippen LogP contribution in [-0.2, 0) is 24.5 Å². The first-order chi connectivity index (χ1) is 10.9. The van der Waals surface area contributed by atoms with Crippen molar-refractivity contribution in [3.8, 4) is 0 Å². The predicted molar refractivity (Wildman–Crippen MR) is 86.0 cm³/mol. The Bertz CT molecular complexity index is 610. The molecule has 2 atom stereocenters. The highest BCUT2D eigenvalue weighted by molar-refractivity contribution is 5.87. The zero-order valence-corrected chi connectivity index (χ0v) is 13.6. The van der Waals surface area contributed by atoms with Gasteiger partial charge in [-0.3, -0.25) is 4.79 Å². The molecule has 23 heavy (non-hydrogen) atoms. The van der Waals surface area contributed by atoms with Crippen LogP contribution < -0.4 is 0 Å². The maximum Gasteiger partial charge on any atom is 0.330 e. The van der Waals surface area contributed by atoms with Gasteiger partial charge >= 0.3 is 11.9 Å². The van der Waals surface area contributed by atoms with Gasteiger partial charge in [0.15, 0.2) is 0 Å². The minimum absolute atomic E-state index is 0.121. The lowest BCUT2D eigenvalue weighted by Crippen LogP contribution is -2.46. The van der Waals surface area contributed by atoms with Crippen LogP contribution in [0.25, 0.3) is 6.08 Å². The van der Waals surface area contributed by atoms with E-state index in [-0.39, 0.29) is 12.2 Å². The average Bonchev–Trinajstić information content (AvgIpc) is 2.51. The number of carbonyl (C=O) groups excluding carboxylic acids is 1. The fraction of sp³-hybridized carbons (Fsp3) is 0.444. The second-order valence-electron chi connectivity index (χ2n) is 6.03. The van der Waals surface area contributed by atoms with Gasteiger partial charge in [-0.25, -0.2) is 4.79 Å². The first-order valence-electron chi connectivity index (χ1n) is 7.63. The molecule has 0 bridgehead atoms. The molecular formula is C18H22O5. The number of aliphatic carboxylic acids is 1. The zero-order valence-electron chi connectivity index (χ0n) is 13.6. The van der Waals surface area contributed by atoms with E-state index < -0.39 is 17.4 Å². The lowest BCUT2D eigenvalue weighted by atomic mass is 9.70. The van der Waals surface area contributed by atoms with Crippen LogP contribution in [-0.4, -0.2) is 36.4 Å². The molecule has 0 aliphatic carbocycles. The predicted octanol–water partition coefficient (Wildman–Crippen LogP) is 2.78. The van der Waals surface area contributed by atoms with Crippen LogP contribution in [0.2, 0.25) is 0 Å². The minimum atomic E-state index is -0.966. The molecule has 5 nitrogen and oxygen atoms in total. The van der Waals surface area contributed by atoms with Gasteiger partial charge in [-0.1, -0.05) is 24.3 Å². The van der Waals surface area contributed by atoms with Crippen molar-refractivity contribution in [3.63, 3.8) is 0 Å². The largest absolute Gasteiger partial charge is 0.481 e. The fourth-order valence-electron chi connectivity index (χ4n) is 3.26. The van der Waals surface area contributed by atoms with Crippen molar-refractivity contribution < 1.29 is 24.2 Å². The number of hydrogen-bond donors (Lipinski definition) is 1. The van der Waals surface area contributed by atoms with Crippen LogP contribution >= 0.6 is 0 Å². The summed E-state index contributed by atoms with van der Waals surface area (Å²) in [7, 11) is 1.31. The Labute approximate surface area is 135 Å². The standard InChI is InChI=1S/C18H22O5/c1-12-10-18(17(20)21,11-13(2)23-12)15-6-4-5-14(9-15)7-8-16(19)22-3/h4-9,12-13H,10-11H2,1-3H3,(H,20,21)/b8-7+. The van der Waals surface area contributed by atoms with Crippen molar-refractivity contribution in [3.05, 3.63) is 41.5 Å². The van der Waals surface area contributed by atoms with Crippen molar-refractivity contribution in [1.29, 1.82) is 0 Å². The summed E-state index contributed by atoms with van der Waals surface area (Å²) >= 11 is 0. The highest BCUT2D eigenvalue weighted by atomic mass is 16.5. The van der Waals surface area contributed by atoms with Crippen LogP contribution in [0.5, 0.6) is 0 Å². The molecule has 0 saturated carbocycles. The van der Waals surface area contributed by atoms with Gasteiger partial charge in [0.05, 0.1) is 24.7 Å². The maximum absolute atomic E-state index is 12.0. The van der Waals surface area contributed by atoms with Crippen molar-refractivity contribution in [2.75, 3.05) is 7.11 Å². The number of carbonyl (C=O) groups is 2. The van der Waals surface area contributed by atoms with E-state index in [4.69, 9.17) is 4.74 Å². The number of methoxy groups -OCH3 is 1. The quantitative estimate of drug-likeness (QED) is 0.682. The third kappa shape index (κ3) is 3.79. The molecule has 2 unspecified atom stereocenters. The Balaban J connectivity index is 2.39. The molecule has 0 aromatic heterocycles. The molecule has 0 spiro atoms. The van der Waals surface area contributed by atoms with Gasteiger partial charge in [0.1, 0.15) is 0 Å². The zero-order chi connectivity index (χ0) is 17.0. The summed E-state index contributed by atoms with van der Waals surface area (Å²) in [5.74, 6) is -1.29. The summed E-state index contributed by atoms with van der Waals surface area (Å²) in [4.78, 5) is 23.3. The summed E-state index contributed by atoms with van der Waals surface area (Å²) in [6, 6.07) is 7.28. The van der Waals surface area contributed by atoms with E-state index in [2.05, 4.69) is 4.74 Å². The Morgan fingerprint density at radius 3 is 2.52 bits per heavy atom. The summed E-state index contributed by atoms with van der Waals surface area (Å²) in [6.45, 7) is 3.79. The molecule has 1 aromatic carbocycles. The smallest absolute Gasteiger partial charge is 0.330 e. The second kappa shape index (κ2) is 6.96. The highest BCUT2D eigenvalue weighted by Crippen LogP contribution is 2.40. The monoisotopic (exact) mass is 318 g/mol. The minimum Gasteiger partial charge on any atom is -0.481 e. The topological polar surface area (TPSA) is 72.8 Å². The summed E-state index contributed by atoms with van der Waals surface area (Å²) in [5, 5.41) is 9.88. The molecule has 1 aromatic rings. The number of ether oxygens (including phenoxy) is 2. The van der Waals surface area contributed by atoms with E-state index in [1.165, 1.54) is 13.2 Å².